The standard InChI is InChI=1S/C21H20IN3O4/c1-4-9-29-21-16(22)10-15(11-18(21)28-3)13-23-25-20(27)12-19(26)24-17-8-6-5-7-14(17)2/h1,5-8,10-11,13H,9,12H2,2-3H3,(H,24,26)(H,25,27). The van der Waals surface area contributed by atoms with E-state index in [2.05, 4.69) is 44.4 Å². The zero-order valence-electron chi connectivity index (χ0n) is 16.0. The molecule has 0 bridgehead atoms. The lowest BCUT2D eigenvalue weighted by molar-refractivity contribution is -0.126. The molecule has 0 aliphatic heterocycles. The quantitative estimate of drug-likeness (QED) is 0.190. The van der Waals surface area contributed by atoms with Crippen molar-refractivity contribution in [3.05, 3.63) is 51.1 Å². The van der Waals surface area contributed by atoms with Crippen LogP contribution < -0.4 is 20.2 Å². The summed E-state index contributed by atoms with van der Waals surface area (Å²) in [5, 5.41) is 6.59. The van der Waals surface area contributed by atoms with Crippen LogP contribution in [0.1, 0.15) is 17.5 Å². The summed E-state index contributed by atoms with van der Waals surface area (Å²) >= 11 is 2.09. The second-order valence-corrected chi connectivity index (χ2v) is 7.02. The Kier molecular flexibility index (Phi) is 8.48. The van der Waals surface area contributed by atoms with Gasteiger partial charge in [0.2, 0.25) is 11.8 Å². The van der Waals surface area contributed by atoms with E-state index in [0.29, 0.717) is 22.7 Å². The molecule has 0 saturated carbocycles. The number of hydrogen-bond donors (Lipinski definition) is 2. The van der Waals surface area contributed by atoms with Gasteiger partial charge in [0, 0.05) is 5.69 Å². The third-order valence-electron chi connectivity index (χ3n) is 3.69. The van der Waals surface area contributed by atoms with Crippen molar-refractivity contribution in [3.8, 4) is 23.8 Å². The number of hydrogen-bond acceptors (Lipinski definition) is 5. The maximum absolute atomic E-state index is 12.0. The van der Waals surface area contributed by atoms with Crippen LogP contribution in [0.2, 0.25) is 0 Å². The van der Waals surface area contributed by atoms with Gasteiger partial charge in [0.1, 0.15) is 13.0 Å². The zero-order valence-corrected chi connectivity index (χ0v) is 18.1. The first-order valence-electron chi connectivity index (χ1n) is 8.55. The molecule has 0 radical (unpaired) electrons. The molecule has 2 rings (SSSR count). The highest BCUT2D eigenvalue weighted by Gasteiger charge is 2.12. The lowest BCUT2D eigenvalue weighted by Gasteiger charge is -2.11. The minimum absolute atomic E-state index is 0.125. The van der Waals surface area contributed by atoms with Gasteiger partial charge in [0.25, 0.3) is 0 Å². The molecule has 150 valence electrons. The highest BCUT2D eigenvalue weighted by atomic mass is 127. The van der Waals surface area contributed by atoms with Gasteiger partial charge in [-0.2, -0.15) is 5.10 Å². The molecule has 0 heterocycles. The third-order valence-corrected chi connectivity index (χ3v) is 4.50. The van der Waals surface area contributed by atoms with Gasteiger partial charge >= 0.3 is 0 Å². The first kappa shape index (κ1) is 22.2. The van der Waals surface area contributed by atoms with E-state index >= 15 is 0 Å². The van der Waals surface area contributed by atoms with Gasteiger partial charge in [-0.3, -0.25) is 9.59 Å². The molecule has 2 N–H and O–H groups in total. The van der Waals surface area contributed by atoms with E-state index in [0.717, 1.165) is 9.13 Å². The van der Waals surface area contributed by atoms with Crippen molar-refractivity contribution in [3.63, 3.8) is 0 Å². The number of carbonyl (C=O) groups is 2. The molecular formula is C21H20IN3O4. The van der Waals surface area contributed by atoms with Crippen molar-refractivity contribution in [1.29, 1.82) is 0 Å². The zero-order chi connectivity index (χ0) is 21.2. The summed E-state index contributed by atoms with van der Waals surface area (Å²) in [5.74, 6) is 2.50. The number of ether oxygens (including phenoxy) is 2. The second-order valence-electron chi connectivity index (χ2n) is 5.86. The number of anilines is 1. The molecule has 2 aromatic carbocycles. The summed E-state index contributed by atoms with van der Waals surface area (Å²) in [7, 11) is 1.52. The summed E-state index contributed by atoms with van der Waals surface area (Å²) in [6.45, 7) is 2.00. The summed E-state index contributed by atoms with van der Waals surface area (Å²) < 4.78 is 11.6. The van der Waals surface area contributed by atoms with E-state index in [9.17, 15) is 9.59 Å². The Bertz CT molecular complexity index is 967. The molecule has 0 aliphatic carbocycles. The number of amides is 2. The minimum atomic E-state index is -0.525. The first-order valence-corrected chi connectivity index (χ1v) is 9.63. The van der Waals surface area contributed by atoms with E-state index < -0.39 is 11.8 Å². The molecule has 0 aromatic heterocycles. The number of halogens is 1. The van der Waals surface area contributed by atoms with Crippen LogP contribution in [-0.4, -0.2) is 31.7 Å². The molecule has 8 heteroatoms. The van der Waals surface area contributed by atoms with Gasteiger partial charge in [-0.05, 0) is 58.8 Å². The molecular weight excluding hydrogens is 485 g/mol. The van der Waals surface area contributed by atoms with Crippen molar-refractivity contribution in [2.45, 2.75) is 13.3 Å². The highest BCUT2D eigenvalue weighted by Crippen LogP contribution is 2.33. The molecule has 0 fully saturated rings. The fourth-order valence-electron chi connectivity index (χ4n) is 2.34. The normalized spacial score (nSPS) is 10.3. The summed E-state index contributed by atoms with van der Waals surface area (Å²) in [5.41, 5.74) is 4.60. The Hall–Kier alpha value is -3.06. The Morgan fingerprint density at radius 3 is 2.72 bits per heavy atom. The highest BCUT2D eigenvalue weighted by molar-refractivity contribution is 14.1. The number of aryl methyl sites for hydroxylation is 1. The second kappa shape index (κ2) is 11.1. The number of nitrogens with zero attached hydrogens (tertiary/aromatic N) is 1. The topological polar surface area (TPSA) is 89.0 Å². The van der Waals surface area contributed by atoms with E-state index in [4.69, 9.17) is 15.9 Å². The SMILES string of the molecule is C#CCOc1c(I)cc(C=NNC(=O)CC(=O)Nc2ccccc2C)cc1OC. The molecule has 0 atom stereocenters. The Balaban J connectivity index is 1.94. The van der Waals surface area contributed by atoms with Crippen LogP contribution in [0.3, 0.4) is 0 Å². The van der Waals surface area contributed by atoms with Crippen LogP contribution >= 0.6 is 22.6 Å². The Morgan fingerprint density at radius 2 is 2.03 bits per heavy atom. The predicted octanol–water partition coefficient (Wildman–Crippen LogP) is 3.10. The van der Waals surface area contributed by atoms with E-state index in [1.807, 2.05) is 25.1 Å². The summed E-state index contributed by atoms with van der Waals surface area (Å²) in [6, 6.07) is 10.8. The number of para-hydroxylation sites is 1. The van der Waals surface area contributed by atoms with E-state index in [1.54, 1.807) is 18.2 Å². The smallest absolute Gasteiger partial charge is 0.249 e. The molecule has 0 saturated heterocycles. The maximum Gasteiger partial charge on any atom is 0.249 e. The number of carbonyl (C=O) groups excluding carboxylic acids is 2. The summed E-state index contributed by atoms with van der Waals surface area (Å²) in [6.07, 6.45) is 6.33. The van der Waals surface area contributed by atoms with Gasteiger partial charge in [-0.15, -0.1) is 6.42 Å². The largest absolute Gasteiger partial charge is 0.493 e. The number of terminal acetylenes is 1. The number of nitrogens with one attached hydrogen (secondary N) is 2. The maximum atomic E-state index is 12.0. The van der Waals surface area contributed by atoms with Crippen LogP contribution in [0.25, 0.3) is 0 Å². The molecule has 2 amide bonds. The number of benzene rings is 2. The van der Waals surface area contributed by atoms with Crippen molar-refractivity contribution < 1.29 is 19.1 Å². The van der Waals surface area contributed by atoms with Crippen LogP contribution in [0.4, 0.5) is 5.69 Å². The van der Waals surface area contributed by atoms with Crippen LogP contribution in [0.5, 0.6) is 11.5 Å². The third kappa shape index (κ3) is 6.80. The van der Waals surface area contributed by atoms with Gasteiger partial charge in [0.15, 0.2) is 11.5 Å². The lowest BCUT2D eigenvalue weighted by Crippen LogP contribution is -2.24. The average Bonchev–Trinajstić information content (AvgIpc) is 2.68. The Labute approximate surface area is 183 Å². The minimum Gasteiger partial charge on any atom is -0.493 e. The van der Waals surface area contributed by atoms with Crippen LogP contribution in [0.15, 0.2) is 41.5 Å². The number of hydrazone groups is 1. The van der Waals surface area contributed by atoms with Gasteiger partial charge in [0.05, 0.1) is 16.9 Å². The fourth-order valence-corrected chi connectivity index (χ4v) is 3.12. The van der Waals surface area contributed by atoms with Crippen LogP contribution in [-0.2, 0) is 9.59 Å². The van der Waals surface area contributed by atoms with Crippen molar-refractivity contribution >= 4 is 46.3 Å². The van der Waals surface area contributed by atoms with Gasteiger partial charge in [-0.25, -0.2) is 5.43 Å². The molecule has 2 aromatic rings. The monoisotopic (exact) mass is 505 g/mol. The molecule has 0 unspecified atom stereocenters. The van der Waals surface area contributed by atoms with Gasteiger partial charge < -0.3 is 14.8 Å². The van der Waals surface area contributed by atoms with E-state index in [-0.39, 0.29) is 13.0 Å². The Morgan fingerprint density at radius 1 is 1.28 bits per heavy atom. The summed E-state index contributed by atoms with van der Waals surface area (Å²) in [4.78, 5) is 23.9. The lowest BCUT2D eigenvalue weighted by atomic mass is 10.2. The predicted molar refractivity (Wildman–Crippen MR) is 120 cm³/mol. The number of rotatable bonds is 8. The van der Waals surface area contributed by atoms with Crippen molar-refractivity contribution in [1.82, 2.24) is 5.43 Å². The molecule has 7 nitrogen and oxygen atoms in total. The molecule has 0 spiro atoms. The van der Waals surface area contributed by atoms with Crippen molar-refractivity contribution in [2.24, 2.45) is 5.10 Å². The van der Waals surface area contributed by atoms with Crippen LogP contribution in [0, 0.1) is 22.8 Å². The molecule has 29 heavy (non-hydrogen) atoms. The van der Waals surface area contributed by atoms with Gasteiger partial charge in [-0.1, -0.05) is 24.1 Å². The fraction of sp³-hybridized carbons (Fsp3) is 0.190. The first-order chi connectivity index (χ1) is 13.9. The van der Waals surface area contributed by atoms with Crippen molar-refractivity contribution in [2.75, 3.05) is 19.0 Å². The van der Waals surface area contributed by atoms with E-state index in [1.165, 1.54) is 13.3 Å². The molecule has 0 aliphatic rings. The average molecular weight is 505 g/mol. The number of methoxy groups -OCH3 is 1.